The van der Waals surface area contributed by atoms with Crippen molar-refractivity contribution in [3.8, 4) is 0 Å². The molecule has 0 radical (unpaired) electrons. The van der Waals surface area contributed by atoms with Crippen LogP contribution in [0.15, 0.2) is 0 Å². The molecule has 116 valence electrons. The summed E-state index contributed by atoms with van der Waals surface area (Å²) in [5.41, 5.74) is 0. The summed E-state index contributed by atoms with van der Waals surface area (Å²) in [7, 11) is -9.22. The summed E-state index contributed by atoms with van der Waals surface area (Å²) in [5.74, 6) is 0. The van der Waals surface area contributed by atoms with Gasteiger partial charge in [-0.2, -0.15) is 0 Å². The Kier molecular flexibility index (Phi) is 131. The van der Waals surface area contributed by atoms with Crippen LogP contribution >= 0.6 is 0 Å². The average molecular weight is 328 g/mol. The van der Waals surface area contributed by atoms with E-state index >= 15 is 0 Å². The van der Waals surface area contributed by atoms with E-state index in [0.29, 0.717) is 0 Å². The molecule has 0 heterocycles. The fourth-order valence-electron chi connectivity index (χ4n) is 0. The number of hydrogen-bond acceptors (Lipinski definition) is 8. The molecule has 0 saturated heterocycles. The van der Waals surface area contributed by atoms with Crippen molar-refractivity contribution >= 4 is 55.8 Å². The van der Waals surface area contributed by atoms with Crippen molar-refractivity contribution in [3.63, 3.8) is 0 Å². The first-order chi connectivity index (χ1) is 4.00. The van der Waals surface area contributed by atoms with Crippen LogP contribution in [-0.4, -0.2) is 94.2 Å². The van der Waals surface area contributed by atoms with Crippen LogP contribution in [0.1, 0.15) is 0 Å². The maximum atomic E-state index is 7.33. The molecule has 0 aromatic rings. The molecule has 0 unspecified atom stereocenters. The van der Waals surface area contributed by atoms with Crippen LogP contribution < -0.4 is 0 Å². The SMILES string of the molecule is F.F.F.F.F.F.O[Si](O)(O)O.O[Si](O)(O)O.[LiH].[LiH]. The van der Waals surface area contributed by atoms with E-state index in [4.69, 9.17) is 38.4 Å². The van der Waals surface area contributed by atoms with Gasteiger partial charge in [-0.3, -0.25) is 28.2 Å². The summed E-state index contributed by atoms with van der Waals surface area (Å²) >= 11 is 0. The second kappa shape index (κ2) is 30.7. The fourth-order valence-corrected chi connectivity index (χ4v) is 0. The average Bonchev–Trinajstić information content (AvgIpc) is 1.12. The molecule has 0 atom stereocenters. The van der Waals surface area contributed by atoms with Gasteiger partial charge in [-0.15, -0.1) is 0 Å². The molecule has 0 aliphatic heterocycles. The standard InChI is InChI=1S/6FH.2Li.2H4O4Si.2H/c;;;;;;;;2*1-5(2,3)4;;/h6*1H;;;2*1-4H;;. The molecule has 0 amide bonds. The zero-order valence-corrected chi connectivity index (χ0v) is 9.03. The Morgan fingerprint density at radius 2 is 0.333 bits per heavy atom. The van der Waals surface area contributed by atoms with E-state index in [2.05, 4.69) is 0 Å². The van der Waals surface area contributed by atoms with Crippen molar-refractivity contribution in [2.45, 2.75) is 0 Å². The summed E-state index contributed by atoms with van der Waals surface area (Å²) in [6.07, 6.45) is 0. The van der Waals surface area contributed by atoms with Crippen LogP contribution in [0.5, 0.6) is 0 Å². The molecule has 0 bridgehead atoms. The van der Waals surface area contributed by atoms with Gasteiger partial charge >= 0.3 is 55.8 Å². The van der Waals surface area contributed by atoms with E-state index < -0.39 is 18.1 Å². The maximum absolute atomic E-state index is 7.33. The molecule has 0 aliphatic carbocycles. The number of halogens is 6. The van der Waals surface area contributed by atoms with Gasteiger partial charge in [-0.05, 0) is 0 Å². The minimum atomic E-state index is -4.61. The molecule has 18 heavy (non-hydrogen) atoms. The fraction of sp³-hybridized carbons (Fsp3) is 0. The van der Waals surface area contributed by atoms with Crippen molar-refractivity contribution < 1.29 is 66.6 Å². The molecule has 0 aromatic heterocycles. The van der Waals surface area contributed by atoms with Crippen molar-refractivity contribution in [2.24, 2.45) is 0 Å². The first-order valence-electron chi connectivity index (χ1n) is 1.79. The van der Waals surface area contributed by atoms with Crippen molar-refractivity contribution in [1.82, 2.24) is 0 Å². The first kappa shape index (κ1) is 76.5. The van der Waals surface area contributed by atoms with Crippen molar-refractivity contribution in [3.05, 3.63) is 0 Å². The summed E-state index contributed by atoms with van der Waals surface area (Å²) in [6, 6.07) is 0. The number of rotatable bonds is 0. The van der Waals surface area contributed by atoms with Gasteiger partial charge in [0.05, 0.1) is 0 Å². The van der Waals surface area contributed by atoms with Gasteiger partial charge in [0, 0.05) is 0 Å². The predicted molar refractivity (Wildman–Crippen MR) is 58.6 cm³/mol. The van der Waals surface area contributed by atoms with Gasteiger partial charge in [-0.25, -0.2) is 0 Å². The van der Waals surface area contributed by atoms with Gasteiger partial charge in [0.1, 0.15) is 0 Å². The Morgan fingerprint density at radius 1 is 0.333 bits per heavy atom. The third kappa shape index (κ3) is 5400. The van der Waals surface area contributed by atoms with Crippen LogP contribution in [0.2, 0.25) is 0 Å². The van der Waals surface area contributed by atoms with Crippen LogP contribution in [0.25, 0.3) is 0 Å². The summed E-state index contributed by atoms with van der Waals surface area (Å²) in [5, 5.41) is 0. The van der Waals surface area contributed by atoms with Crippen molar-refractivity contribution in [2.75, 3.05) is 0 Å². The van der Waals surface area contributed by atoms with Crippen molar-refractivity contribution in [1.29, 1.82) is 0 Å². The topological polar surface area (TPSA) is 162 Å². The molecule has 0 saturated carbocycles. The Balaban J connectivity index is -0.00000000615. The second-order valence-electron chi connectivity index (χ2n) is 1.20. The summed E-state index contributed by atoms with van der Waals surface area (Å²) in [4.78, 5) is 58.6. The van der Waals surface area contributed by atoms with Crippen LogP contribution in [-0.2, 0) is 0 Å². The Morgan fingerprint density at radius 3 is 0.333 bits per heavy atom. The second-order valence-corrected chi connectivity index (χ2v) is 3.60. The number of hydrogen-bond donors (Lipinski definition) is 8. The molecule has 0 fully saturated rings. The van der Waals surface area contributed by atoms with Gasteiger partial charge in [0.25, 0.3) is 0 Å². The van der Waals surface area contributed by atoms with Gasteiger partial charge < -0.3 is 38.4 Å². The predicted octanol–water partition coefficient (Wildman–Crippen LogP) is -5.60. The van der Waals surface area contributed by atoms with E-state index in [0.717, 1.165) is 0 Å². The third-order valence-electron chi connectivity index (χ3n) is 0. The Labute approximate surface area is 122 Å². The Bertz CT molecular complexity index is 74.6. The molecule has 8 nitrogen and oxygen atoms in total. The first-order valence-corrected chi connectivity index (χ1v) is 5.37. The van der Waals surface area contributed by atoms with E-state index in [1.165, 1.54) is 0 Å². The molecule has 18 heteroatoms. The van der Waals surface area contributed by atoms with Gasteiger partial charge in [0.2, 0.25) is 0 Å². The Hall–Kier alpha value is 0.889. The van der Waals surface area contributed by atoms with Crippen LogP contribution in [0, 0.1) is 0 Å². The normalized spacial score (nSPS) is 6.67. The monoisotopic (exact) mass is 328 g/mol. The minimum absolute atomic E-state index is 0. The molecular weight excluding hydrogens is 312 g/mol. The van der Waals surface area contributed by atoms with E-state index in [-0.39, 0.29) is 65.9 Å². The van der Waals surface area contributed by atoms with Crippen LogP contribution in [0.3, 0.4) is 0 Å². The van der Waals surface area contributed by atoms with E-state index in [1.54, 1.807) is 0 Å². The molecular formula is H16F6Li2O8Si2. The van der Waals surface area contributed by atoms with Crippen LogP contribution in [0.4, 0.5) is 28.2 Å². The van der Waals surface area contributed by atoms with Gasteiger partial charge in [0.15, 0.2) is 0 Å². The zero-order chi connectivity index (χ0) is 9.00. The summed E-state index contributed by atoms with van der Waals surface area (Å²) < 4.78 is 0. The summed E-state index contributed by atoms with van der Waals surface area (Å²) in [6.45, 7) is 0. The molecule has 8 N–H and O–H groups in total. The zero-order valence-electron chi connectivity index (χ0n) is 7.03. The van der Waals surface area contributed by atoms with E-state index in [9.17, 15) is 0 Å². The molecule has 0 rings (SSSR count). The molecule has 0 aliphatic rings. The quantitative estimate of drug-likeness (QED) is 0.161. The third-order valence-corrected chi connectivity index (χ3v) is 0. The van der Waals surface area contributed by atoms with E-state index in [1.807, 2.05) is 0 Å². The molecule has 0 aromatic carbocycles. The van der Waals surface area contributed by atoms with Gasteiger partial charge in [-0.1, -0.05) is 0 Å². The molecule has 0 spiro atoms.